The van der Waals surface area contributed by atoms with Crippen molar-refractivity contribution in [1.29, 1.82) is 0 Å². The van der Waals surface area contributed by atoms with Gasteiger partial charge in [0.2, 0.25) is 5.95 Å². The van der Waals surface area contributed by atoms with Crippen LogP contribution in [0.15, 0.2) is 61.1 Å². The van der Waals surface area contributed by atoms with Crippen molar-refractivity contribution in [1.82, 2.24) is 15.0 Å². The highest BCUT2D eigenvalue weighted by molar-refractivity contribution is 6.30. The van der Waals surface area contributed by atoms with Gasteiger partial charge in [0.15, 0.2) is 0 Å². The average Bonchev–Trinajstić information content (AvgIpc) is 3.04. The molecule has 3 rings (SSSR count). The predicted molar refractivity (Wildman–Crippen MR) is 90.9 cm³/mol. The maximum Gasteiger partial charge on any atom is 0.250 e. The van der Waals surface area contributed by atoms with Crippen molar-refractivity contribution in [3.63, 3.8) is 0 Å². The number of hydrogen-bond donors (Lipinski definition) is 2. The van der Waals surface area contributed by atoms with Gasteiger partial charge in [-0.05, 0) is 35.9 Å². The van der Waals surface area contributed by atoms with Crippen LogP contribution in [0.2, 0.25) is 5.02 Å². The summed E-state index contributed by atoms with van der Waals surface area (Å²) in [5.41, 5.74) is 2.55. The molecule has 0 atom stereocenters. The number of imidazole rings is 1. The normalized spacial score (nSPS) is 10.8. The third kappa shape index (κ3) is 4.05. The first kappa shape index (κ1) is 15.0. The maximum atomic E-state index is 11.9. The number of benzene rings is 1. The number of hydrogen-bond acceptors (Lipinski definition) is 3. The number of carbonyl (C=O) groups is 1. The first-order chi connectivity index (χ1) is 11.2. The van der Waals surface area contributed by atoms with Gasteiger partial charge in [-0.15, -0.1) is 0 Å². The third-order valence-electron chi connectivity index (χ3n) is 3.09. The summed E-state index contributed by atoms with van der Waals surface area (Å²) in [5, 5.41) is 3.34. The van der Waals surface area contributed by atoms with Gasteiger partial charge in [0, 0.05) is 35.3 Å². The SMILES string of the molecule is O=C(C=Cc1ccc(Cl)cc1)Nc1nc(-c2ccncc2)c[nH]1. The fourth-order valence-corrected chi connectivity index (χ4v) is 2.09. The van der Waals surface area contributed by atoms with Crippen LogP contribution in [0.4, 0.5) is 5.95 Å². The second kappa shape index (κ2) is 6.89. The highest BCUT2D eigenvalue weighted by Gasteiger charge is 2.05. The molecule has 0 saturated heterocycles. The van der Waals surface area contributed by atoms with Crippen molar-refractivity contribution in [2.75, 3.05) is 5.32 Å². The molecule has 114 valence electrons. The number of carbonyl (C=O) groups excluding carboxylic acids is 1. The van der Waals surface area contributed by atoms with E-state index in [0.29, 0.717) is 11.0 Å². The second-order valence-corrected chi connectivity index (χ2v) is 5.18. The van der Waals surface area contributed by atoms with Crippen LogP contribution < -0.4 is 5.32 Å². The van der Waals surface area contributed by atoms with E-state index >= 15 is 0 Å². The number of halogens is 1. The molecule has 0 fully saturated rings. The molecule has 1 amide bonds. The topological polar surface area (TPSA) is 70.7 Å². The van der Waals surface area contributed by atoms with Crippen LogP contribution in [0.3, 0.4) is 0 Å². The van der Waals surface area contributed by atoms with E-state index in [0.717, 1.165) is 16.8 Å². The number of pyridine rings is 1. The Balaban J connectivity index is 1.64. The van der Waals surface area contributed by atoms with Crippen molar-refractivity contribution < 1.29 is 4.79 Å². The molecule has 1 aromatic carbocycles. The molecule has 5 nitrogen and oxygen atoms in total. The highest BCUT2D eigenvalue weighted by atomic mass is 35.5. The summed E-state index contributed by atoms with van der Waals surface area (Å²) in [5.74, 6) is 0.123. The van der Waals surface area contributed by atoms with Crippen molar-refractivity contribution in [3.05, 3.63) is 71.7 Å². The van der Waals surface area contributed by atoms with E-state index in [1.807, 2.05) is 24.3 Å². The van der Waals surface area contributed by atoms with E-state index in [1.54, 1.807) is 36.8 Å². The van der Waals surface area contributed by atoms with E-state index < -0.39 is 0 Å². The fourth-order valence-electron chi connectivity index (χ4n) is 1.96. The Labute approximate surface area is 138 Å². The lowest BCUT2D eigenvalue weighted by Crippen LogP contribution is -2.08. The molecule has 23 heavy (non-hydrogen) atoms. The van der Waals surface area contributed by atoms with Crippen molar-refractivity contribution in [2.24, 2.45) is 0 Å². The van der Waals surface area contributed by atoms with Gasteiger partial charge in [0.25, 0.3) is 5.91 Å². The molecule has 0 saturated carbocycles. The van der Waals surface area contributed by atoms with E-state index in [1.165, 1.54) is 6.08 Å². The first-order valence-electron chi connectivity index (χ1n) is 6.91. The number of nitrogens with zero attached hydrogens (tertiary/aromatic N) is 2. The van der Waals surface area contributed by atoms with E-state index in [2.05, 4.69) is 20.3 Å². The standard InChI is InChI=1S/C17H13ClN4O/c18-14-4-1-12(2-5-14)3-6-16(23)22-17-20-11-15(21-17)13-7-9-19-10-8-13/h1-11H,(H2,20,21,22,23). The lowest BCUT2D eigenvalue weighted by Gasteiger charge is -1.97. The average molecular weight is 325 g/mol. The first-order valence-corrected chi connectivity index (χ1v) is 7.29. The van der Waals surface area contributed by atoms with E-state index in [9.17, 15) is 4.79 Å². The number of nitrogens with one attached hydrogen (secondary N) is 2. The molecule has 2 heterocycles. The largest absolute Gasteiger partial charge is 0.330 e. The minimum Gasteiger partial charge on any atom is -0.330 e. The molecular formula is C17H13ClN4O. The van der Waals surface area contributed by atoms with Crippen LogP contribution in [0, 0.1) is 0 Å². The molecule has 0 aliphatic heterocycles. The van der Waals surface area contributed by atoms with Gasteiger partial charge in [0.1, 0.15) is 0 Å². The number of aromatic nitrogens is 3. The van der Waals surface area contributed by atoms with Gasteiger partial charge in [-0.2, -0.15) is 0 Å². The van der Waals surface area contributed by atoms with Gasteiger partial charge in [-0.3, -0.25) is 15.1 Å². The zero-order valence-electron chi connectivity index (χ0n) is 12.0. The van der Waals surface area contributed by atoms with Crippen LogP contribution in [0.25, 0.3) is 17.3 Å². The number of H-pyrrole nitrogens is 1. The minimum atomic E-state index is -0.268. The Morgan fingerprint density at radius 3 is 2.61 bits per heavy atom. The summed E-state index contributed by atoms with van der Waals surface area (Å²) in [4.78, 5) is 23.1. The maximum absolute atomic E-state index is 11.9. The molecule has 0 spiro atoms. The Morgan fingerprint density at radius 2 is 1.87 bits per heavy atom. The zero-order chi connectivity index (χ0) is 16.1. The monoisotopic (exact) mass is 324 g/mol. The molecule has 2 aromatic heterocycles. The van der Waals surface area contributed by atoms with Crippen LogP contribution in [0.1, 0.15) is 5.56 Å². The Morgan fingerprint density at radius 1 is 1.13 bits per heavy atom. The van der Waals surface area contributed by atoms with Gasteiger partial charge in [0.05, 0.1) is 5.69 Å². The van der Waals surface area contributed by atoms with E-state index in [-0.39, 0.29) is 5.91 Å². The quantitative estimate of drug-likeness (QED) is 0.717. The molecule has 2 N–H and O–H groups in total. The number of aromatic amines is 1. The summed E-state index contributed by atoms with van der Waals surface area (Å²) in [7, 11) is 0. The molecule has 6 heteroatoms. The predicted octanol–water partition coefficient (Wildman–Crippen LogP) is 3.78. The highest BCUT2D eigenvalue weighted by Crippen LogP contribution is 2.17. The Kier molecular flexibility index (Phi) is 4.49. The molecule has 0 radical (unpaired) electrons. The third-order valence-corrected chi connectivity index (χ3v) is 3.34. The Bertz CT molecular complexity index is 825. The minimum absolute atomic E-state index is 0.268. The molecular weight excluding hydrogens is 312 g/mol. The second-order valence-electron chi connectivity index (χ2n) is 4.74. The lowest BCUT2D eigenvalue weighted by atomic mass is 10.2. The summed E-state index contributed by atoms with van der Waals surface area (Å²) in [6.45, 7) is 0. The van der Waals surface area contributed by atoms with Gasteiger partial charge >= 0.3 is 0 Å². The Hall–Kier alpha value is -2.92. The van der Waals surface area contributed by atoms with E-state index in [4.69, 9.17) is 11.6 Å². The fraction of sp³-hybridized carbons (Fsp3) is 0. The van der Waals surface area contributed by atoms with Gasteiger partial charge in [-0.25, -0.2) is 4.98 Å². The molecule has 3 aromatic rings. The molecule has 0 bridgehead atoms. The van der Waals surface area contributed by atoms with Crippen LogP contribution in [-0.2, 0) is 4.79 Å². The smallest absolute Gasteiger partial charge is 0.250 e. The lowest BCUT2D eigenvalue weighted by molar-refractivity contribution is -0.111. The molecule has 0 unspecified atom stereocenters. The van der Waals surface area contributed by atoms with Crippen molar-refractivity contribution >= 4 is 29.5 Å². The van der Waals surface area contributed by atoms with Crippen LogP contribution >= 0.6 is 11.6 Å². The summed E-state index contributed by atoms with van der Waals surface area (Å²) in [6, 6.07) is 10.9. The van der Waals surface area contributed by atoms with Crippen LogP contribution in [0.5, 0.6) is 0 Å². The number of anilines is 1. The number of rotatable bonds is 4. The van der Waals surface area contributed by atoms with Crippen LogP contribution in [-0.4, -0.2) is 20.9 Å². The summed E-state index contributed by atoms with van der Waals surface area (Å²) >= 11 is 5.81. The van der Waals surface area contributed by atoms with Crippen molar-refractivity contribution in [2.45, 2.75) is 0 Å². The summed E-state index contributed by atoms with van der Waals surface area (Å²) < 4.78 is 0. The van der Waals surface area contributed by atoms with Crippen molar-refractivity contribution in [3.8, 4) is 11.3 Å². The van der Waals surface area contributed by atoms with Gasteiger partial charge in [-0.1, -0.05) is 23.7 Å². The summed E-state index contributed by atoms with van der Waals surface area (Å²) in [6.07, 6.45) is 8.26. The molecule has 0 aliphatic rings. The zero-order valence-corrected chi connectivity index (χ0v) is 12.8. The number of amides is 1. The van der Waals surface area contributed by atoms with Gasteiger partial charge < -0.3 is 4.98 Å². The molecule has 0 aliphatic carbocycles.